The average Bonchev–Trinajstić information content (AvgIpc) is 2.43. The van der Waals surface area contributed by atoms with Crippen LogP contribution in [0.3, 0.4) is 0 Å². The summed E-state index contributed by atoms with van der Waals surface area (Å²) in [6.45, 7) is 8.37. The summed E-state index contributed by atoms with van der Waals surface area (Å²) in [6, 6.07) is 1.05. The van der Waals surface area contributed by atoms with Crippen LogP contribution in [0.2, 0.25) is 5.15 Å². The lowest BCUT2D eigenvalue weighted by molar-refractivity contribution is -0.207. The predicted molar refractivity (Wildman–Crippen MR) is 91.5 cm³/mol. The number of aromatic nitrogens is 1. The molecule has 0 saturated heterocycles. The van der Waals surface area contributed by atoms with E-state index in [9.17, 15) is 22.5 Å². The van der Waals surface area contributed by atoms with Gasteiger partial charge in [-0.25, -0.2) is 9.19 Å². The Balaban J connectivity index is 2.95. The number of pyridine rings is 1. The van der Waals surface area contributed by atoms with Crippen molar-refractivity contribution in [3.63, 3.8) is 0 Å². The van der Waals surface area contributed by atoms with E-state index in [4.69, 9.17) is 16.3 Å². The molecule has 1 heterocycles. The van der Waals surface area contributed by atoms with E-state index in [0.717, 1.165) is 6.07 Å². The Kier molecular flexibility index (Phi) is 7.00. The second-order valence-electron chi connectivity index (χ2n) is 6.40. The summed E-state index contributed by atoms with van der Waals surface area (Å²) >= 11 is 5.88. The molecule has 0 bridgehead atoms. The van der Waals surface area contributed by atoms with Crippen LogP contribution in [-0.4, -0.2) is 37.5 Å². The summed E-state index contributed by atoms with van der Waals surface area (Å²) in [6.07, 6.45) is -7.57. The first kappa shape index (κ1) is 21.9. The van der Waals surface area contributed by atoms with Crippen LogP contribution in [0, 0.1) is 6.92 Å². The first-order valence-electron chi connectivity index (χ1n) is 7.24. The third-order valence-electron chi connectivity index (χ3n) is 2.92. The zero-order valence-corrected chi connectivity index (χ0v) is 16.0. The van der Waals surface area contributed by atoms with Crippen molar-refractivity contribution in [1.82, 2.24) is 4.98 Å². The highest BCUT2D eigenvalue weighted by Gasteiger charge is 2.40. The Morgan fingerprint density at radius 2 is 2.00 bits per heavy atom. The quantitative estimate of drug-likeness (QED) is 0.600. The summed E-state index contributed by atoms with van der Waals surface area (Å²) in [4.78, 5) is 3.55. The monoisotopic (exact) mass is 400 g/mol. The number of halogens is 4. The number of nitrogens with zero attached hydrogens (tertiary/aromatic N) is 2. The molecule has 0 spiro atoms. The number of aryl methyl sites for hydroxylation is 1. The maximum atomic E-state index is 12.6. The summed E-state index contributed by atoms with van der Waals surface area (Å²) in [5.41, 5.74) is 0.104. The number of aliphatic hydroxyl groups is 1. The number of hydrogen-bond acceptors (Lipinski definition) is 4. The normalized spacial score (nSPS) is 15.8. The van der Waals surface area contributed by atoms with Gasteiger partial charge in [0.15, 0.2) is 17.0 Å². The van der Waals surface area contributed by atoms with Crippen molar-refractivity contribution in [1.29, 1.82) is 0 Å². The number of ether oxygens (including phenoxy) is 1. The smallest absolute Gasteiger partial charge is 0.420 e. The number of aliphatic hydroxyl groups excluding tert-OH is 1. The fraction of sp³-hybridized carbons (Fsp3) is 0.600. The van der Waals surface area contributed by atoms with Crippen LogP contribution in [0.15, 0.2) is 10.5 Å². The van der Waals surface area contributed by atoms with E-state index in [2.05, 4.69) is 9.38 Å². The van der Waals surface area contributed by atoms with Gasteiger partial charge in [-0.2, -0.15) is 17.6 Å². The highest BCUT2D eigenvalue weighted by molar-refractivity contribution is 7.85. The van der Waals surface area contributed by atoms with Crippen molar-refractivity contribution in [3.05, 3.63) is 22.5 Å². The second kappa shape index (κ2) is 8.01. The maximum Gasteiger partial charge on any atom is 0.420 e. The molecule has 1 N–H and O–H groups in total. The van der Waals surface area contributed by atoms with Crippen molar-refractivity contribution >= 4 is 28.3 Å². The van der Waals surface area contributed by atoms with Gasteiger partial charge in [0.05, 0.1) is 16.2 Å². The summed E-state index contributed by atoms with van der Waals surface area (Å²) in [7, 11) is -1.45. The van der Waals surface area contributed by atoms with E-state index in [1.165, 1.54) is 6.92 Å². The number of hydrogen-bond donors (Lipinski definition) is 1. The molecule has 1 aromatic rings. The molecule has 0 aliphatic carbocycles. The lowest BCUT2D eigenvalue weighted by Crippen LogP contribution is -2.22. The highest BCUT2D eigenvalue weighted by atomic mass is 35.5. The van der Waals surface area contributed by atoms with Crippen molar-refractivity contribution in [3.8, 4) is 5.75 Å². The van der Waals surface area contributed by atoms with Crippen LogP contribution in [0.5, 0.6) is 5.75 Å². The van der Waals surface area contributed by atoms with E-state index in [-0.39, 0.29) is 23.1 Å². The average molecular weight is 401 g/mol. The zero-order valence-electron chi connectivity index (χ0n) is 14.4. The van der Waals surface area contributed by atoms with Crippen molar-refractivity contribution < 1.29 is 27.2 Å². The summed E-state index contributed by atoms with van der Waals surface area (Å²) < 4.78 is 58.5. The first-order chi connectivity index (χ1) is 11.2. The van der Waals surface area contributed by atoms with Crippen molar-refractivity contribution in [2.45, 2.75) is 51.6 Å². The van der Waals surface area contributed by atoms with Gasteiger partial charge < -0.3 is 9.84 Å². The van der Waals surface area contributed by atoms with Gasteiger partial charge in [0.2, 0.25) is 0 Å². The molecule has 0 aliphatic rings. The van der Waals surface area contributed by atoms with E-state index in [0.29, 0.717) is 5.71 Å². The minimum absolute atomic E-state index is 0.0504. The van der Waals surface area contributed by atoms with Crippen LogP contribution in [-0.2, 0) is 11.0 Å². The molecule has 0 aliphatic heterocycles. The molecule has 5 nitrogen and oxygen atoms in total. The standard InChI is InChI=1S/C15H20ClF3N2O3S/c1-8-6-10(12(22)15(17,18)19)20-13(16)11(8)24-7-9(2)21-25(23)14(3,4)5/h6,12,22H,7H2,1-5H3. The summed E-state index contributed by atoms with van der Waals surface area (Å²) in [5.74, 6) is 0.0795. The van der Waals surface area contributed by atoms with Crippen LogP contribution < -0.4 is 4.74 Å². The van der Waals surface area contributed by atoms with Gasteiger partial charge in [0.1, 0.15) is 17.6 Å². The van der Waals surface area contributed by atoms with Gasteiger partial charge in [0.25, 0.3) is 0 Å². The largest absolute Gasteiger partial charge is 0.484 e. The van der Waals surface area contributed by atoms with E-state index >= 15 is 0 Å². The lowest BCUT2D eigenvalue weighted by Gasteiger charge is -2.17. The Morgan fingerprint density at radius 3 is 2.44 bits per heavy atom. The molecule has 0 fully saturated rings. The van der Waals surface area contributed by atoms with Gasteiger partial charge in [-0.15, -0.1) is 0 Å². The molecule has 2 unspecified atom stereocenters. The minimum Gasteiger partial charge on any atom is -0.484 e. The van der Waals surface area contributed by atoms with Crippen molar-refractivity contribution in [2.24, 2.45) is 4.40 Å². The molecular formula is C15H20ClF3N2O3S. The molecule has 10 heteroatoms. The van der Waals surface area contributed by atoms with Crippen LogP contribution in [0.4, 0.5) is 13.2 Å². The van der Waals surface area contributed by atoms with Crippen LogP contribution in [0.1, 0.15) is 45.1 Å². The molecule has 1 rings (SSSR count). The Labute approximate surface area is 151 Å². The molecule has 0 amide bonds. The Bertz CT molecular complexity index is 665. The second-order valence-corrected chi connectivity index (χ2v) is 8.67. The fourth-order valence-electron chi connectivity index (χ4n) is 1.61. The number of alkyl halides is 3. The minimum atomic E-state index is -4.84. The molecule has 142 valence electrons. The topological polar surface area (TPSA) is 71.8 Å². The predicted octanol–water partition coefficient (Wildman–Crippen LogP) is 3.94. The molecule has 0 saturated carbocycles. The SMILES string of the molecule is CC(COc1c(C)cc(C(O)C(F)(F)F)nc1Cl)=NS(=O)C(C)(C)C. The Hall–Kier alpha value is -1.19. The molecule has 2 atom stereocenters. The summed E-state index contributed by atoms with van der Waals surface area (Å²) in [5, 5.41) is 8.95. The van der Waals surface area contributed by atoms with E-state index < -0.39 is 33.7 Å². The zero-order chi connectivity index (χ0) is 19.6. The molecule has 0 radical (unpaired) electrons. The third-order valence-corrected chi connectivity index (χ3v) is 4.70. The van der Waals surface area contributed by atoms with Crippen LogP contribution >= 0.6 is 11.6 Å². The van der Waals surface area contributed by atoms with E-state index in [1.807, 2.05) is 0 Å². The fourth-order valence-corrected chi connectivity index (χ4v) is 2.52. The molecule has 0 aromatic carbocycles. The Morgan fingerprint density at radius 1 is 1.44 bits per heavy atom. The van der Waals surface area contributed by atoms with E-state index in [1.54, 1.807) is 27.7 Å². The molecule has 1 aromatic heterocycles. The third kappa shape index (κ3) is 6.23. The van der Waals surface area contributed by atoms with Gasteiger partial charge in [-0.3, -0.25) is 0 Å². The lowest BCUT2D eigenvalue weighted by atomic mass is 10.1. The number of rotatable bonds is 5. The molecule has 25 heavy (non-hydrogen) atoms. The maximum absolute atomic E-state index is 12.6. The molecular weight excluding hydrogens is 381 g/mol. The van der Waals surface area contributed by atoms with Gasteiger partial charge in [-0.1, -0.05) is 11.6 Å². The van der Waals surface area contributed by atoms with Gasteiger partial charge >= 0.3 is 6.18 Å². The highest BCUT2D eigenvalue weighted by Crippen LogP contribution is 2.35. The van der Waals surface area contributed by atoms with Crippen LogP contribution in [0.25, 0.3) is 0 Å². The van der Waals surface area contributed by atoms with Crippen molar-refractivity contribution in [2.75, 3.05) is 6.61 Å². The first-order valence-corrected chi connectivity index (χ1v) is 8.72. The van der Waals surface area contributed by atoms with Gasteiger partial charge in [0, 0.05) is 0 Å². The van der Waals surface area contributed by atoms with Gasteiger partial charge in [-0.05, 0) is 46.2 Å².